The summed E-state index contributed by atoms with van der Waals surface area (Å²) in [5.74, 6) is 0. The summed E-state index contributed by atoms with van der Waals surface area (Å²) < 4.78 is 0.821. The van der Waals surface area contributed by atoms with Gasteiger partial charge in [0.05, 0.1) is 4.34 Å². The molecule has 0 aromatic carbocycles. The number of hydrogen-bond donors (Lipinski definition) is 0. The molecule has 1 aromatic heterocycles. The third-order valence-corrected chi connectivity index (χ3v) is 4.49. The first-order valence-electron chi connectivity index (χ1n) is 5.45. The van der Waals surface area contributed by atoms with Gasteiger partial charge in [0.15, 0.2) is 0 Å². The molecule has 1 aliphatic rings. The van der Waals surface area contributed by atoms with Gasteiger partial charge in [0.25, 0.3) is 0 Å². The predicted molar refractivity (Wildman–Crippen MR) is 64.6 cm³/mol. The zero-order valence-corrected chi connectivity index (χ0v) is 10.2. The fourth-order valence-corrected chi connectivity index (χ4v) is 3.63. The number of rotatable bonds is 3. The predicted octanol–water partition coefficient (Wildman–Crippen LogP) is 4.09. The molecule has 0 bridgehead atoms. The van der Waals surface area contributed by atoms with Gasteiger partial charge >= 0.3 is 0 Å². The molecule has 0 aliphatic heterocycles. The third-order valence-electron chi connectivity index (χ3n) is 3.25. The highest BCUT2D eigenvalue weighted by Gasteiger charge is 2.32. The molecule has 1 saturated carbocycles. The number of halogens is 1. The van der Waals surface area contributed by atoms with Crippen LogP contribution in [-0.4, -0.2) is 6.29 Å². The Labute approximate surface area is 99.5 Å². The SMILES string of the molecule is O=CC1(Cc2ccc(Cl)s2)CCCCC1. The molecule has 15 heavy (non-hydrogen) atoms. The summed E-state index contributed by atoms with van der Waals surface area (Å²) in [7, 11) is 0. The summed E-state index contributed by atoms with van der Waals surface area (Å²) in [5, 5.41) is 0. The molecule has 0 amide bonds. The molecule has 1 aliphatic carbocycles. The zero-order chi connectivity index (χ0) is 10.7. The number of carbonyl (C=O) groups is 1. The van der Waals surface area contributed by atoms with Crippen molar-refractivity contribution in [1.82, 2.24) is 0 Å². The number of thiophene rings is 1. The van der Waals surface area contributed by atoms with Crippen molar-refractivity contribution in [3.05, 3.63) is 21.3 Å². The fourth-order valence-electron chi connectivity index (χ4n) is 2.39. The zero-order valence-electron chi connectivity index (χ0n) is 8.67. The van der Waals surface area contributed by atoms with Crippen LogP contribution in [0.2, 0.25) is 4.34 Å². The van der Waals surface area contributed by atoms with Gasteiger partial charge in [-0.15, -0.1) is 11.3 Å². The lowest BCUT2D eigenvalue weighted by Crippen LogP contribution is -2.27. The average Bonchev–Trinajstić information content (AvgIpc) is 2.65. The third kappa shape index (κ3) is 2.61. The van der Waals surface area contributed by atoms with E-state index in [0.717, 1.165) is 23.6 Å². The van der Waals surface area contributed by atoms with E-state index in [0.29, 0.717) is 0 Å². The van der Waals surface area contributed by atoms with E-state index in [1.54, 1.807) is 11.3 Å². The summed E-state index contributed by atoms with van der Waals surface area (Å²) in [6.07, 6.45) is 7.82. The van der Waals surface area contributed by atoms with Crippen molar-refractivity contribution in [1.29, 1.82) is 0 Å². The van der Waals surface area contributed by atoms with E-state index in [9.17, 15) is 4.79 Å². The standard InChI is InChI=1S/C12H15ClOS/c13-11-5-4-10(15-11)8-12(9-14)6-2-1-3-7-12/h4-5,9H,1-3,6-8H2. The second-order valence-corrected chi connectivity index (χ2v) is 6.22. The van der Waals surface area contributed by atoms with Crippen molar-refractivity contribution in [3.63, 3.8) is 0 Å². The maximum atomic E-state index is 11.3. The molecule has 3 heteroatoms. The lowest BCUT2D eigenvalue weighted by molar-refractivity contribution is -0.117. The smallest absolute Gasteiger partial charge is 0.126 e. The van der Waals surface area contributed by atoms with E-state index in [1.807, 2.05) is 12.1 Å². The summed E-state index contributed by atoms with van der Waals surface area (Å²) >= 11 is 7.50. The molecule has 1 heterocycles. The fraction of sp³-hybridized carbons (Fsp3) is 0.583. The molecule has 0 radical (unpaired) electrons. The van der Waals surface area contributed by atoms with Crippen molar-refractivity contribution in [2.75, 3.05) is 0 Å². The average molecular weight is 243 g/mol. The van der Waals surface area contributed by atoms with Gasteiger partial charge in [-0.2, -0.15) is 0 Å². The maximum absolute atomic E-state index is 11.3. The van der Waals surface area contributed by atoms with Gasteiger partial charge in [-0.25, -0.2) is 0 Å². The van der Waals surface area contributed by atoms with Crippen LogP contribution < -0.4 is 0 Å². The van der Waals surface area contributed by atoms with Crippen molar-refractivity contribution >= 4 is 29.2 Å². The largest absolute Gasteiger partial charge is 0.303 e. The minimum Gasteiger partial charge on any atom is -0.303 e. The van der Waals surface area contributed by atoms with Crippen LogP contribution >= 0.6 is 22.9 Å². The van der Waals surface area contributed by atoms with Crippen LogP contribution in [-0.2, 0) is 11.2 Å². The van der Waals surface area contributed by atoms with Crippen molar-refractivity contribution < 1.29 is 4.79 Å². The van der Waals surface area contributed by atoms with Crippen LogP contribution in [0, 0.1) is 5.41 Å². The van der Waals surface area contributed by atoms with Gasteiger partial charge in [0.1, 0.15) is 6.29 Å². The second kappa shape index (κ2) is 4.67. The highest BCUT2D eigenvalue weighted by Crippen LogP contribution is 2.39. The van der Waals surface area contributed by atoms with E-state index in [4.69, 9.17) is 11.6 Å². The van der Waals surface area contributed by atoms with E-state index < -0.39 is 0 Å². The molecule has 1 fully saturated rings. The van der Waals surface area contributed by atoms with E-state index in [1.165, 1.54) is 30.4 Å². The van der Waals surface area contributed by atoms with Crippen LogP contribution in [0.1, 0.15) is 37.0 Å². The molecule has 0 unspecified atom stereocenters. The highest BCUT2D eigenvalue weighted by molar-refractivity contribution is 7.16. The lowest BCUT2D eigenvalue weighted by atomic mass is 9.73. The summed E-state index contributed by atoms with van der Waals surface area (Å²) in [4.78, 5) is 12.5. The molecule has 0 N–H and O–H groups in total. The van der Waals surface area contributed by atoms with Crippen LogP contribution in [0.4, 0.5) is 0 Å². The minimum atomic E-state index is -0.0908. The topological polar surface area (TPSA) is 17.1 Å². The Kier molecular flexibility index (Phi) is 3.47. The number of hydrogen-bond acceptors (Lipinski definition) is 2. The Bertz CT molecular complexity index is 339. The summed E-state index contributed by atoms with van der Waals surface area (Å²) in [5.41, 5.74) is -0.0908. The summed E-state index contributed by atoms with van der Waals surface area (Å²) in [6, 6.07) is 3.97. The van der Waals surface area contributed by atoms with Gasteiger partial charge in [-0.05, 0) is 31.4 Å². The molecule has 0 saturated heterocycles. The van der Waals surface area contributed by atoms with Crippen molar-refractivity contribution in [2.24, 2.45) is 5.41 Å². The molecule has 2 rings (SSSR count). The first-order chi connectivity index (χ1) is 7.24. The lowest BCUT2D eigenvalue weighted by Gasteiger charge is -2.31. The van der Waals surface area contributed by atoms with Crippen LogP contribution in [0.25, 0.3) is 0 Å². The maximum Gasteiger partial charge on any atom is 0.126 e. The molecule has 1 aromatic rings. The van der Waals surface area contributed by atoms with Gasteiger partial charge in [-0.1, -0.05) is 30.9 Å². The quantitative estimate of drug-likeness (QED) is 0.730. The summed E-state index contributed by atoms with van der Waals surface area (Å²) in [6.45, 7) is 0. The molecular formula is C12H15ClOS. The molecule has 1 nitrogen and oxygen atoms in total. The van der Waals surface area contributed by atoms with Crippen molar-refractivity contribution in [2.45, 2.75) is 38.5 Å². The van der Waals surface area contributed by atoms with Crippen LogP contribution in [0.5, 0.6) is 0 Å². The Morgan fingerprint density at radius 1 is 1.33 bits per heavy atom. The van der Waals surface area contributed by atoms with Crippen molar-refractivity contribution in [3.8, 4) is 0 Å². The first kappa shape index (κ1) is 11.2. The molecule has 82 valence electrons. The number of aldehydes is 1. The monoisotopic (exact) mass is 242 g/mol. The first-order valence-corrected chi connectivity index (χ1v) is 6.64. The molecule has 0 atom stereocenters. The van der Waals surface area contributed by atoms with Gasteiger partial charge in [0.2, 0.25) is 0 Å². The Morgan fingerprint density at radius 2 is 2.07 bits per heavy atom. The Hall–Kier alpha value is -0.340. The van der Waals surface area contributed by atoms with E-state index >= 15 is 0 Å². The molecular weight excluding hydrogens is 228 g/mol. The van der Waals surface area contributed by atoms with E-state index in [-0.39, 0.29) is 5.41 Å². The number of carbonyl (C=O) groups excluding carboxylic acids is 1. The van der Waals surface area contributed by atoms with Crippen LogP contribution in [0.3, 0.4) is 0 Å². The second-order valence-electron chi connectivity index (χ2n) is 4.42. The van der Waals surface area contributed by atoms with Gasteiger partial charge < -0.3 is 4.79 Å². The molecule has 0 spiro atoms. The van der Waals surface area contributed by atoms with Gasteiger partial charge in [0, 0.05) is 10.3 Å². The Morgan fingerprint density at radius 3 is 2.60 bits per heavy atom. The minimum absolute atomic E-state index is 0.0908. The Balaban J connectivity index is 2.10. The van der Waals surface area contributed by atoms with Crippen LogP contribution in [0.15, 0.2) is 12.1 Å². The highest BCUT2D eigenvalue weighted by atomic mass is 35.5. The van der Waals surface area contributed by atoms with Gasteiger partial charge in [-0.3, -0.25) is 0 Å². The van der Waals surface area contributed by atoms with E-state index in [2.05, 4.69) is 0 Å². The normalized spacial score (nSPS) is 20.1.